The zero-order valence-electron chi connectivity index (χ0n) is 13.2. The van der Waals surface area contributed by atoms with Crippen LogP contribution in [-0.4, -0.2) is 50.2 Å². The largest absolute Gasteiger partial charge is 0.432 e. The van der Waals surface area contributed by atoms with Crippen LogP contribution in [0.25, 0.3) is 0 Å². The van der Waals surface area contributed by atoms with Crippen LogP contribution in [0.2, 0.25) is 0 Å². The Morgan fingerprint density at radius 2 is 2.00 bits per heavy atom. The summed E-state index contributed by atoms with van der Waals surface area (Å²) in [5.41, 5.74) is 0. The zero-order chi connectivity index (χ0) is 16.2. The number of alkyl halides is 1. The molecule has 0 unspecified atom stereocenters. The second-order valence-electron chi connectivity index (χ2n) is 6.65. The maximum absolute atomic E-state index is 12.5. The number of thioether (sulfide) groups is 1. The van der Waals surface area contributed by atoms with Crippen molar-refractivity contribution in [3.63, 3.8) is 0 Å². The Morgan fingerprint density at radius 1 is 1.43 bits per heavy atom. The molecule has 0 saturated carbocycles. The number of ether oxygens (including phenoxy) is 2. The van der Waals surface area contributed by atoms with Crippen LogP contribution in [0, 0.1) is 0 Å². The van der Waals surface area contributed by atoms with Crippen molar-refractivity contribution in [1.82, 2.24) is 4.90 Å². The van der Waals surface area contributed by atoms with Crippen LogP contribution in [0.3, 0.4) is 0 Å². The van der Waals surface area contributed by atoms with E-state index in [0.717, 1.165) is 0 Å². The summed E-state index contributed by atoms with van der Waals surface area (Å²) in [5, 5.41) is -0.701. The fourth-order valence-corrected chi connectivity index (χ4v) is 4.76. The van der Waals surface area contributed by atoms with E-state index in [1.165, 1.54) is 16.7 Å². The maximum atomic E-state index is 12.5. The molecule has 120 valence electrons. The van der Waals surface area contributed by atoms with E-state index >= 15 is 0 Å². The van der Waals surface area contributed by atoms with Crippen molar-refractivity contribution >= 4 is 35.2 Å². The Bertz CT molecular complexity index is 466. The van der Waals surface area contributed by atoms with Gasteiger partial charge in [-0.3, -0.25) is 4.79 Å². The Balaban J connectivity index is 2.13. The van der Waals surface area contributed by atoms with Gasteiger partial charge in [-0.15, -0.1) is 23.4 Å². The summed E-state index contributed by atoms with van der Waals surface area (Å²) in [4.78, 5) is 26.0. The molecule has 0 spiro atoms. The van der Waals surface area contributed by atoms with E-state index in [-0.39, 0.29) is 17.4 Å². The van der Waals surface area contributed by atoms with Crippen LogP contribution < -0.4 is 0 Å². The highest BCUT2D eigenvalue weighted by Gasteiger charge is 2.64. The van der Waals surface area contributed by atoms with Gasteiger partial charge < -0.3 is 14.4 Å². The molecular formula is C14H22ClNO4S. The number of esters is 1. The quantitative estimate of drug-likeness (QED) is 0.342. The first-order chi connectivity index (χ1) is 9.46. The molecule has 0 aromatic rings. The van der Waals surface area contributed by atoms with E-state index in [1.54, 1.807) is 13.8 Å². The number of nitrogens with zero attached hydrogens (tertiary/aromatic N) is 1. The summed E-state index contributed by atoms with van der Waals surface area (Å²) in [6.07, 6.45) is -0.0654. The average Bonchev–Trinajstić information content (AvgIpc) is 2.55. The summed E-state index contributed by atoms with van der Waals surface area (Å²) < 4.78 is 10.6. The number of rotatable bonds is 4. The number of fused-ring (bicyclic) bond motifs is 1. The SMILES string of the molecule is CC(C)OC(C)(C)OC(=O)[C@@H]1N2C(=O)[C@@H](Cl)[C@H]2SC1(C)C. The van der Waals surface area contributed by atoms with E-state index in [0.29, 0.717) is 0 Å². The number of amides is 1. The van der Waals surface area contributed by atoms with E-state index in [1.807, 2.05) is 27.7 Å². The summed E-state index contributed by atoms with van der Waals surface area (Å²) in [6, 6.07) is -0.634. The lowest BCUT2D eigenvalue weighted by Gasteiger charge is -2.41. The molecule has 0 aliphatic carbocycles. The number of halogens is 1. The smallest absolute Gasteiger partial charge is 0.332 e. The first-order valence-corrected chi connectivity index (χ1v) is 8.32. The maximum Gasteiger partial charge on any atom is 0.332 e. The molecule has 7 heteroatoms. The highest BCUT2D eigenvalue weighted by Crippen LogP contribution is 2.52. The number of carbonyl (C=O) groups excluding carboxylic acids is 2. The fourth-order valence-electron chi connectivity index (χ4n) is 2.84. The molecule has 2 rings (SSSR count). The molecule has 0 aromatic heterocycles. The third kappa shape index (κ3) is 3.03. The topological polar surface area (TPSA) is 55.8 Å². The molecule has 0 radical (unpaired) electrons. The van der Waals surface area contributed by atoms with Gasteiger partial charge in [0.2, 0.25) is 11.7 Å². The molecule has 0 aromatic carbocycles. The van der Waals surface area contributed by atoms with Crippen LogP contribution in [0.4, 0.5) is 0 Å². The van der Waals surface area contributed by atoms with Gasteiger partial charge in [0.15, 0.2) is 0 Å². The van der Waals surface area contributed by atoms with Gasteiger partial charge in [0.1, 0.15) is 16.8 Å². The van der Waals surface area contributed by atoms with E-state index in [9.17, 15) is 9.59 Å². The minimum atomic E-state index is -1.03. The van der Waals surface area contributed by atoms with Gasteiger partial charge in [0, 0.05) is 18.6 Å². The summed E-state index contributed by atoms with van der Waals surface area (Å²) in [5.74, 6) is -1.68. The monoisotopic (exact) mass is 335 g/mol. The third-order valence-electron chi connectivity index (χ3n) is 3.47. The Morgan fingerprint density at radius 3 is 2.52 bits per heavy atom. The highest BCUT2D eigenvalue weighted by molar-refractivity contribution is 8.01. The van der Waals surface area contributed by atoms with Gasteiger partial charge in [0.25, 0.3) is 0 Å². The molecule has 2 aliphatic rings. The highest BCUT2D eigenvalue weighted by atomic mass is 35.5. The standard InChI is InChI=1S/C14H22ClNO4S/c1-7(2)19-14(5,6)20-12(18)9-13(3,4)21-11-8(15)10(17)16(9)11/h7-9,11H,1-6H3/t8-,9+,11-/m1/s1. The van der Waals surface area contributed by atoms with Crippen LogP contribution >= 0.6 is 23.4 Å². The second-order valence-corrected chi connectivity index (χ2v) is 8.89. The molecule has 3 atom stereocenters. The van der Waals surface area contributed by atoms with E-state index < -0.39 is 27.9 Å². The van der Waals surface area contributed by atoms with E-state index in [4.69, 9.17) is 21.1 Å². The van der Waals surface area contributed by atoms with E-state index in [2.05, 4.69) is 0 Å². The average molecular weight is 336 g/mol. The predicted octanol–water partition coefficient (Wildman–Crippen LogP) is 2.36. The van der Waals surface area contributed by atoms with Crippen molar-refractivity contribution in [2.75, 3.05) is 0 Å². The van der Waals surface area contributed by atoms with Crippen LogP contribution in [0.1, 0.15) is 41.5 Å². The van der Waals surface area contributed by atoms with Crippen LogP contribution in [0.15, 0.2) is 0 Å². The van der Waals surface area contributed by atoms with Gasteiger partial charge in [0.05, 0.1) is 6.10 Å². The Hall–Kier alpha value is -0.460. The van der Waals surface area contributed by atoms with Crippen molar-refractivity contribution in [1.29, 1.82) is 0 Å². The normalized spacial score (nSPS) is 31.1. The number of hydrogen-bond donors (Lipinski definition) is 0. The number of carbonyl (C=O) groups is 2. The third-order valence-corrected chi connectivity index (χ3v) is 5.61. The second kappa shape index (κ2) is 5.32. The van der Waals surface area contributed by atoms with Crippen molar-refractivity contribution in [3.8, 4) is 0 Å². The summed E-state index contributed by atoms with van der Waals surface area (Å²) in [7, 11) is 0. The lowest BCUT2D eigenvalue weighted by molar-refractivity contribution is -0.232. The minimum Gasteiger partial charge on any atom is -0.432 e. The van der Waals surface area contributed by atoms with Gasteiger partial charge in [-0.05, 0) is 27.7 Å². The molecular weight excluding hydrogens is 314 g/mol. The molecule has 2 heterocycles. The lowest BCUT2D eigenvalue weighted by Crippen LogP contribution is -2.64. The van der Waals surface area contributed by atoms with Crippen molar-refractivity contribution < 1.29 is 19.1 Å². The van der Waals surface area contributed by atoms with Gasteiger partial charge in [-0.1, -0.05) is 0 Å². The van der Waals surface area contributed by atoms with Gasteiger partial charge in [-0.25, -0.2) is 4.79 Å². The molecule has 2 fully saturated rings. The molecule has 1 amide bonds. The molecule has 0 bridgehead atoms. The lowest BCUT2D eigenvalue weighted by atomic mass is 9.98. The molecule has 0 N–H and O–H groups in total. The predicted molar refractivity (Wildman–Crippen MR) is 82.1 cm³/mol. The first-order valence-electron chi connectivity index (χ1n) is 7.01. The Labute approximate surface area is 134 Å². The Kier molecular flexibility index (Phi) is 4.28. The molecule has 2 saturated heterocycles. The van der Waals surface area contributed by atoms with Crippen molar-refractivity contribution in [2.45, 2.75) is 75.0 Å². The molecule has 2 aliphatic heterocycles. The van der Waals surface area contributed by atoms with Crippen molar-refractivity contribution in [2.24, 2.45) is 0 Å². The number of hydrogen-bond acceptors (Lipinski definition) is 5. The zero-order valence-corrected chi connectivity index (χ0v) is 14.7. The first kappa shape index (κ1) is 16.9. The summed E-state index contributed by atoms with van der Waals surface area (Å²) in [6.45, 7) is 11.0. The number of β-lactam (4-membered cyclic amide) rings is 1. The van der Waals surface area contributed by atoms with Gasteiger partial charge >= 0.3 is 5.97 Å². The fraction of sp³-hybridized carbons (Fsp3) is 0.857. The van der Waals surface area contributed by atoms with Gasteiger partial charge in [-0.2, -0.15) is 0 Å². The molecule has 21 heavy (non-hydrogen) atoms. The summed E-state index contributed by atoms with van der Waals surface area (Å²) >= 11 is 7.55. The van der Waals surface area contributed by atoms with Crippen LogP contribution in [-0.2, 0) is 19.1 Å². The van der Waals surface area contributed by atoms with Crippen LogP contribution in [0.5, 0.6) is 0 Å². The molecule has 5 nitrogen and oxygen atoms in total. The minimum absolute atomic E-state index is 0.0654. The van der Waals surface area contributed by atoms with Crippen molar-refractivity contribution in [3.05, 3.63) is 0 Å².